The second-order valence-corrected chi connectivity index (χ2v) is 7.45. The van der Waals surface area contributed by atoms with Crippen molar-refractivity contribution in [3.05, 3.63) is 69.8 Å². The third kappa shape index (κ3) is 3.56. The lowest BCUT2D eigenvalue weighted by molar-refractivity contribution is 0.183. The van der Waals surface area contributed by atoms with Crippen molar-refractivity contribution in [2.75, 3.05) is 13.7 Å². The van der Waals surface area contributed by atoms with E-state index in [1.54, 1.807) is 11.7 Å². The monoisotopic (exact) mass is 391 g/mol. The van der Waals surface area contributed by atoms with Gasteiger partial charge in [-0.2, -0.15) is 0 Å². The second kappa shape index (κ2) is 7.96. The largest absolute Gasteiger partial charge is 0.493 e. The van der Waals surface area contributed by atoms with Crippen LogP contribution in [0.15, 0.2) is 64.6 Å². The van der Waals surface area contributed by atoms with Crippen LogP contribution in [0, 0.1) is 0 Å². The Bertz CT molecular complexity index is 1120. The molecular weight excluding hydrogens is 370 g/mol. The molecule has 0 radical (unpaired) electrons. The van der Waals surface area contributed by atoms with Gasteiger partial charge in [0.05, 0.1) is 29.4 Å². The molecule has 0 atom stereocenters. The van der Waals surface area contributed by atoms with Crippen LogP contribution in [0.1, 0.15) is 17.4 Å². The number of allylic oxidation sites excluding steroid dienone is 1. The zero-order valence-corrected chi connectivity index (χ0v) is 16.6. The van der Waals surface area contributed by atoms with Crippen molar-refractivity contribution in [2.45, 2.75) is 13.5 Å². The van der Waals surface area contributed by atoms with Crippen LogP contribution in [-0.4, -0.2) is 29.1 Å². The van der Waals surface area contributed by atoms with Crippen LogP contribution in [0.25, 0.3) is 11.6 Å². The lowest BCUT2D eigenvalue weighted by Crippen LogP contribution is -2.16. The van der Waals surface area contributed by atoms with Crippen LogP contribution in [0.5, 0.6) is 5.88 Å². The number of aromatic hydroxyl groups is 1. The van der Waals surface area contributed by atoms with Gasteiger partial charge in [0.25, 0.3) is 0 Å². The maximum absolute atomic E-state index is 10.9. The third-order valence-corrected chi connectivity index (χ3v) is 5.57. The second-order valence-electron chi connectivity index (χ2n) is 6.44. The van der Waals surface area contributed by atoms with Crippen LogP contribution in [-0.2, 0) is 11.3 Å². The summed E-state index contributed by atoms with van der Waals surface area (Å²) < 4.78 is 7.00. The summed E-state index contributed by atoms with van der Waals surface area (Å²) in [5.74, 6) is 0.196. The summed E-state index contributed by atoms with van der Waals surface area (Å²) >= 11 is 1.45. The maximum atomic E-state index is 10.9. The first kappa shape index (κ1) is 18.4. The molecular formula is C22H21N3O2S. The quantitative estimate of drug-likeness (QED) is 0.680. The van der Waals surface area contributed by atoms with E-state index < -0.39 is 0 Å². The summed E-state index contributed by atoms with van der Waals surface area (Å²) in [7, 11) is 1.65. The van der Waals surface area contributed by atoms with Crippen molar-refractivity contribution in [1.29, 1.82) is 0 Å². The van der Waals surface area contributed by atoms with Crippen molar-refractivity contribution in [3.63, 3.8) is 0 Å². The molecule has 0 fully saturated rings. The zero-order chi connectivity index (χ0) is 19.5. The van der Waals surface area contributed by atoms with Gasteiger partial charge in [0, 0.05) is 24.0 Å². The van der Waals surface area contributed by atoms with E-state index in [0.29, 0.717) is 13.2 Å². The average Bonchev–Trinajstić information content (AvgIpc) is 3.18. The predicted molar refractivity (Wildman–Crippen MR) is 115 cm³/mol. The fourth-order valence-electron chi connectivity index (χ4n) is 3.14. The van der Waals surface area contributed by atoms with Gasteiger partial charge in [0.15, 0.2) is 4.80 Å². The fourth-order valence-corrected chi connectivity index (χ4v) is 4.16. The smallest absolute Gasteiger partial charge is 0.211 e. The normalized spacial score (nSPS) is 15.1. The van der Waals surface area contributed by atoms with Crippen molar-refractivity contribution in [1.82, 2.24) is 4.57 Å². The number of aliphatic imine (C=N–C) groups is 1. The average molecular weight is 391 g/mol. The molecule has 0 aliphatic carbocycles. The Hall–Kier alpha value is -2.96. The summed E-state index contributed by atoms with van der Waals surface area (Å²) in [6, 6.07) is 17.8. The minimum absolute atomic E-state index is 0.196. The van der Waals surface area contributed by atoms with E-state index >= 15 is 0 Å². The molecule has 3 aromatic rings. The summed E-state index contributed by atoms with van der Waals surface area (Å²) in [4.78, 5) is 10.8. The summed E-state index contributed by atoms with van der Waals surface area (Å²) in [6.45, 7) is 3.01. The molecule has 1 aliphatic heterocycles. The van der Waals surface area contributed by atoms with Gasteiger partial charge in [0.1, 0.15) is 0 Å². The molecule has 0 saturated carbocycles. The number of aromatic nitrogens is 1. The Labute approximate surface area is 167 Å². The van der Waals surface area contributed by atoms with Crippen molar-refractivity contribution >= 4 is 40.1 Å². The Balaban J connectivity index is 1.83. The lowest BCUT2D eigenvalue weighted by atomic mass is 10.0. The van der Waals surface area contributed by atoms with Crippen molar-refractivity contribution in [2.24, 2.45) is 9.98 Å². The van der Waals surface area contributed by atoms with E-state index in [-0.39, 0.29) is 5.88 Å². The Kier molecular flexibility index (Phi) is 5.23. The van der Waals surface area contributed by atoms with Gasteiger partial charge >= 0.3 is 0 Å². The summed E-state index contributed by atoms with van der Waals surface area (Å²) in [5.41, 5.74) is 4.86. The number of nitrogens with zero attached hydrogens (tertiary/aromatic N) is 3. The fraction of sp³-hybridized carbons (Fsp3) is 0.182. The molecule has 28 heavy (non-hydrogen) atoms. The number of hydrogen-bond acceptors (Lipinski definition) is 5. The number of ether oxygens (including phenoxy) is 1. The highest BCUT2D eigenvalue weighted by Crippen LogP contribution is 2.37. The Morgan fingerprint density at radius 2 is 1.89 bits per heavy atom. The molecule has 2 aromatic carbocycles. The SMILES string of the molecule is COCCn1c(O)c(C=C2C(C)=Nc3ccccc32)sc1=Nc1ccccc1. The first-order valence-electron chi connectivity index (χ1n) is 9.05. The Morgan fingerprint density at radius 3 is 2.68 bits per heavy atom. The van der Waals surface area contributed by atoms with Crippen LogP contribution in [0.4, 0.5) is 11.4 Å². The first-order chi connectivity index (χ1) is 13.7. The molecule has 1 aliphatic rings. The predicted octanol–water partition coefficient (Wildman–Crippen LogP) is 4.78. The number of rotatable bonds is 5. The maximum Gasteiger partial charge on any atom is 0.211 e. The summed E-state index contributed by atoms with van der Waals surface area (Å²) in [6.07, 6.45) is 2.00. The molecule has 5 nitrogen and oxygen atoms in total. The van der Waals surface area contributed by atoms with Crippen LogP contribution in [0.2, 0.25) is 0 Å². The van der Waals surface area contributed by atoms with Crippen LogP contribution >= 0.6 is 11.3 Å². The van der Waals surface area contributed by atoms with Gasteiger partial charge in [-0.15, -0.1) is 0 Å². The molecule has 0 amide bonds. The molecule has 6 heteroatoms. The van der Waals surface area contributed by atoms with Gasteiger partial charge in [-0.1, -0.05) is 47.7 Å². The number of benzene rings is 2. The van der Waals surface area contributed by atoms with Crippen molar-refractivity contribution < 1.29 is 9.84 Å². The molecule has 2 heterocycles. The highest BCUT2D eigenvalue weighted by molar-refractivity contribution is 7.10. The first-order valence-corrected chi connectivity index (χ1v) is 9.87. The highest BCUT2D eigenvalue weighted by atomic mass is 32.1. The molecule has 142 valence electrons. The highest BCUT2D eigenvalue weighted by Gasteiger charge is 2.19. The van der Waals surface area contributed by atoms with E-state index in [1.165, 1.54) is 11.3 Å². The number of methoxy groups -OCH3 is 1. The van der Waals surface area contributed by atoms with E-state index in [9.17, 15) is 5.11 Å². The Morgan fingerprint density at radius 1 is 1.14 bits per heavy atom. The minimum atomic E-state index is 0.196. The van der Waals surface area contributed by atoms with Gasteiger partial charge in [0.2, 0.25) is 5.88 Å². The van der Waals surface area contributed by atoms with E-state index in [1.807, 2.05) is 61.5 Å². The minimum Gasteiger partial charge on any atom is -0.493 e. The van der Waals surface area contributed by atoms with Gasteiger partial charge < -0.3 is 9.84 Å². The number of hydrogen-bond donors (Lipinski definition) is 1. The van der Waals surface area contributed by atoms with Crippen LogP contribution in [0.3, 0.4) is 0 Å². The van der Waals surface area contributed by atoms with Crippen LogP contribution < -0.4 is 4.80 Å². The van der Waals surface area contributed by atoms with E-state index in [0.717, 1.165) is 37.9 Å². The lowest BCUT2D eigenvalue weighted by Gasteiger charge is -2.04. The van der Waals surface area contributed by atoms with E-state index in [4.69, 9.17) is 9.73 Å². The molecule has 0 saturated heterocycles. The molecule has 1 N–H and O–H groups in total. The van der Waals surface area contributed by atoms with Crippen molar-refractivity contribution in [3.8, 4) is 5.88 Å². The molecule has 0 spiro atoms. The van der Waals surface area contributed by atoms with Gasteiger partial charge in [-0.3, -0.25) is 9.56 Å². The summed E-state index contributed by atoms with van der Waals surface area (Å²) in [5, 5.41) is 10.9. The zero-order valence-electron chi connectivity index (χ0n) is 15.8. The van der Waals surface area contributed by atoms with Gasteiger partial charge in [-0.25, -0.2) is 4.99 Å². The van der Waals surface area contributed by atoms with E-state index in [2.05, 4.69) is 11.1 Å². The molecule has 0 bridgehead atoms. The standard InChI is InChI=1S/C22H21N3O2S/c1-15-18(17-10-6-7-11-19(17)23-15)14-20-21(26)25(12-13-27-2)22(28-20)24-16-8-4-3-5-9-16/h3-11,14,26H,12-13H2,1-2H3. The number of fused-ring (bicyclic) bond motifs is 1. The molecule has 0 unspecified atom stereocenters. The number of para-hydroxylation sites is 2. The topological polar surface area (TPSA) is 59.1 Å². The third-order valence-electron chi connectivity index (χ3n) is 4.56. The van der Waals surface area contributed by atoms with Gasteiger partial charge in [-0.05, 0) is 31.2 Å². The number of thiazole rings is 1. The molecule has 4 rings (SSSR count). The molecule has 1 aromatic heterocycles.